The number of benzene rings is 2. The molecule has 3 aromatic rings. The number of hydrogen-bond acceptors (Lipinski definition) is 3. The van der Waals surface area contributed by atoms with Crippen LogP contribution in [-0.4, -0.2) is 23.0 Å². The van der Waals surface area contributed by atoms with Gasteiger partial charge in [-0.05, 0) is 23.3 Å². The van der Waals surface area contributed by atoms with Gasteiger partial charge in [-0.2, -0.15) is 0 Å². The molecular formula is C18H17N3O2. The van der Waals surface area contributed by atoms with Crippen LogP contribution in [0.3, 0.4) is 0 Å². The summed E-state index contributed by atoms with van der Waals surface area (Å²) in [5.41, 5.74) is 5.99. The van der Waals surface area contributed by atoms with Gasteiger partial charge in [0.25, 0.3) is 5.91 Å². The molecule has 0 radical (unpaired) electrons. The number of aromatic nitrogens is 2. The van der Waals surface area contributed by atoms with E-state index in [4.69, 9.17) is 4.84 Å². The van der Waals surface area contributed by atoms with Gasteiger partial charge in [-0.3, -0.25) is 9.63 Å². The first kappa shape index (κ1) is 15.0. The van der Waals surface area contributed by atoms with E-state index in [1.54, 1.807) is 18.6 Å². The summed E-state index contributed by atoms with van der Waals surface area (Å²) < 4.78 is 0. The second kappa shape index (κ2) is 6.89. The predicted octanol–water partition coefficient (Wildman–Crippen LogP) is 2.88. The van der Waals surface area contributed by atoms with Crippen molar-refractivity contribution >= 4 is 5.91 Å². The van der Waals surface area contributed by atoms with Gasteiger partial charge in [-0.1, -0.05) is 42.5 Å². The molecule has 0 aliphatic carbocycles. The number of hydroxylamine groups is 1. The summed E-state index contributed by atoms with van der Waals surface area (Å²) in [5, 5.41) is 0. The van der Waals surface area contributed by atoms with Crippen LogP contribution in [0.2, 0.25) is 0 Å². The van der Waals surface area contributed by atoms with Crippen LogP contribution in [0.1, 0.15) is 33.1 Å². The number of H-pyrrole nitrogens is 1. The number of amides is 1. The molecule has 1 atom stereocenters. The molecule has 3 rings (SSSR count). The third-order valence-corrected chi connectivity index (χ3v) is 3.64. The summed E-state index contributed by atoms with van der Waals surface area (Å²) in [6, 6.07) is 17.6. The summed E-state index contributed by atoms with van der Waals surface area (Å²) in [7, 11) is 1.42. The molecule has 0 fully saturated rings. The van der Waals surface area contributed by atoms with Gasteiger partial charge in [0.05, 0.1) is 19.4 Å². The highest BCUT2D eigenvalue weighted by atomic mass is 16.6. The van der Waals surface area contributed by atoms with Crippen LogP contribution in [0.15, 0.2) is 67.1 Å². The second-order valence-electron chi connectivity index (χ2n) is 5.11. The summed E-state index contributed by atoms with van der Waals surface area (Å²) in [6.07, 6.45) is 3.46. The number of aromatic amines is 1. The maximum atomic E-state index is 12.0. The molecule has 23 heavy (non-hydrogen) atoms. The number of nitrogens with zero attached hydrogens (tertiary/aromatic N) is 1. The van der Waals surface area contributed by atoms with E-state index in [0.717, 1.165) is 16.8 Å². The van der Waals surface area contributed by atoms with Crippen molar-refractivity contribution in [2.45, 2.75) is 5.92 Å². The highest BCUT2D eigenvalue weighted by Crippen LogP contribution is 2.30. The molecule has 116 valence electrons. The third kappa shape index (κ3) is 3.30. The van der Waals surface area contributed by atoms with Crippen LogP contribution in [0.4, 0.5) is 0 Å². The summed E-state index contributed by atoms with van der Waals surface area (Å²) >= 11 is 0. The molecule has 1 aromatic heterocycles. The molecule has 5 nitrogen and oxygen atoms in total. The Kier molecular flexibility index (Phi) is 4.49. The summed E-state index contributed by atoms with van der Waals surface area (Å²) in [6.45, 7) is 0. The molecule has 0 saturated heterocycles. The molecule has 0 aliphatic rings. The average Bonchev–Trinajstić information content (AvgIpc) is 3.11. The molecule has 0 saturated carbocycles. The zero-order chi connectivity index (χ0) is 16.1. The van der Waals surface area contributed by atoms with E-state index in [0.29, 0.717) is 5.56 Å². The number of imidazole rings is 1. The maximum Gasteiger partial charge on any atom is 0.274 e. The SMILES string of the molecule is CONC(=O)c1cccc(C(c2ccccc2)c2cnc[nH]2)c1. The third-order valence-electron chi connectivity index (χ3n) is 3.64. The normalized spacial score (nSPS) is 11.9. The highest BCUT2D eigenvalue weighted by molar-refractivity contribution is 5.93. The van der Waals surface area contributed by atoms with Crippen molar-refractivity contribution in [2.75, 3.05) is 7.11 Å². The number of hydrogen-bond donors (Lipinski definition) is 2. The Morgan fingerprint density at radius 2 is 1.91 bits per heavy atom. The highest BCUT2D eigenvalue weighted by Gasteiger charge is 2.19. The number of rotatable bonds is 5. The Morgan fingerprint density at radius 3 is 2.61 bits per heavy atom. The van der Waals surface area contributed by atoms with E-state index in [2.05, 4.69) is 27.6 Å². The fourth-order valence-electron chi connectivity index (χ4n) is 2.63. The molecule has 1 amide bonds. The van der Waals surface area contributed by atoms with Crippen molar-refractivity contribution in [2.24, 2.45) is 0 Å². The van der Waals surface area contributed by atoms with E-state index >= 15 is 0 Å². The largest absolute Gasteiger partial charge is 0.348 e. The second-order valence-corrected chi connectivity index (χ2v) is 5.11. The Labute approximate surface area is 134 Å². The summed E-state index contributed by atoms with van der Waals surface area (Å²) in [5.74, 6) is -0.292. The lowest BCUT2D eigenvalue weighted by atomic mass is 9.88. The minimum absolute atomic E-state index is 0.0194. The van der Waals surface area contributed by atoms with Crippen molar-refractivity contribution in [1.29, 1.82) is 0 Å². The van der Waals surface area contributed by atoms with Gasteiger partial charge in [-0.15, -0.1) is 0 Å². The minimum Gasteiger partial charge on any atom is -0.348 e. The topological polar surface area (TPSA) is 67.0 Å². The van der Waals surface area contributed by atoms with Crippen molar-refractivity contribution in [1.82, 2.24) is 15.4 Å². The van der Waals surface area contributed by atoms with Crippen LogP contribution in [0.25, 0.3) is 0 Å². The van der Waals surface area contributed by atoms with Gasteiger partial charge in [0.15, 0.2) is 0 Å². The van der Waals surface area contributed by atoms with Crippen molar-refractivity contribution in [3.63, 3.8) is 0 Å². The molecule has 1 unspecified atom stereocenters. The van der Waals surface area contributed by atoms with Crippen LogP contribution < -0.4 is 5.48 Å². The quantitative estimate of drug-likeness (QED) is 0.712. The molecule has 0 bridgehead atoms. The van der Waals surface area contributed by atoms with Crippen LogP contribution in [0.5, 0.6) is 0 Å². The van der Waals surface area contributed by atoms with E-state index in [9.17, 15) is 4.79 Å². The molecule has 2 aromatic carbocycles. The molecule has 0 aliphatic heterocycles. The molecule has 2 N–H and O–H groups in total. The van der Waals surface area contributed by atoms with E-state index in [1.807, 2.05) is 36.4 Å². The average molecular weight is 307 g/mol. The van der Waals surface area contributed by atoms with Crippen LogP contribution in [0, 0.1) is 0 Å². The predicted molar refractivity (Wildman–Crippen MR) is 86.9 cm³/mol. The zero-order valence-corrected chi connectivity index (χ0v) is 12.7. The zero-order valence-electron chi connectivity index (χ0n) is 12.7. The lowest BCUT2D eigenvalue weighted by Gasteiger charge is -2.17. The number of carbonyl (C=O) groups is 1. The first-order chi connectivity index (χ1) is 11.3. The smallest absolute Gasteiger partial charge is 0.274 e. The molecule has 0 spiro atoms. The molecule has 1 heterocycles. The van der Waals surface area contributed by atoms with Crippen molar-refractivity contribution < 1.29 is 9.63 Å². The standard InChI is InChI=1S/C18H17N3O2/c1-23-21-18(22)15-9-5-8-14(10-15)17(16-11-19-12-20-16)13-6-3-2-4-7-13/h2-12,17H,1H3,(H,19,20)(H,21,22). The Bertz CT molecular complexity index is 770. The Balaban J connectivity index is 2.04. The fourth-order valence-corrected chi connectivity index (χ4v) is 2.63. The maximum absolute atomic E-state index is 12.0. The number of nitrogens with one attached hydrogen (secondary N) is 2. The lowest BCUT2D eigenvalue weighted by Crippen LogP contribution is -2.22. The monoisotopic (exact) mass is 307 g/mol. The van der Waals surface area contributed by atoms with Gasteiger partial charge in [0, 0.05) is 17.5 Å². The Morgan fingerprint density at radius 1 is 1.13 bits per heavy atom. The van der Waals surface area contributed by atoms with Crippen molar-refractivity contribution in [3.8, 4) is 0 Å². The first-order valence-electron chi connectivity index (χ1n) is 7.26. The van der Waals surface area contributed by atoms with Crippen LogP contribution >= 0.6 is 0 Å². The lowest BCUT2D eigenvalue weighted by molar-refractivity contribution is 0.0537. The van der Waals surface area contributed by atoms with Gasteiger partial charge in [0.1, 0.15) is 0 Å². The fraction of sp³-hybridized carbons (Fsp3) is 0.111. The van der Waals surface area contributed by atoms with Gasteiger partial charge in [-0.25, -0.2) is 10.5 Å². The van der Waals surface area contributed by atoms with Crippen LogP contribution in [-0.2, 0) is 4.84 Å². The van der Waals surface area contributed by atoms with Gasteiger partial charge < -0.3 is 4.98 Å². The van der Waals surface area contributed by atoms with Gasteiger partial charge >= 0.3 is 0 Å². The number of carbonyl (C=O) groups excluding carboxylic acids is 1. The molecule has 5 heteroatoms. The minimum atomic E-state index is -0.272. The Hall–Kier alpha value is -2.92. The summed E-state index contributed by atoms with van der Waals surface area (Å²) in [4.78, 5) is 24.0. The van der Waals surface area contributed by atoms with Gasteiger partial charge in [0.2, 0.25) is 0 Å². The molecular weight excluding hydrogens is 290 g/mol. The first-order valence-corrected chi connectivity index (χ1v) is 7.26. The van der Waals surface area contributed by atoms with E-state index < -0.39 is 0 Å². The van der Waals surface area contributed by atoms with Crippen molar-refractivity contribution in [3.05, 3.63) is 89.5 Å². The van der Waals surface area contributed by atoms with E-state index in [-0.39, 0.29) is 11.8 Å². The van der Waals surface area contributed by atoms with E-state index in [1.165, 1.54) is 7.11 Å².